The van der Waals surface area contributed by atoms with Gasteiger partial charge in [0.05, 0.1) is 2.88 Å². The molecule has 1 aliphatic carbocycles. The van der Waals surface area contributed by atoms with Crippen molar-refractivity contribution in [3.63, 3.8) is 0 Å². The van der Waals surface area contributed by atoms with Crippen molar-refractivity contribution < 1.29 is 0 Å². The van der Waals surface area contributed by atoms with Crippen molar-refractivity contribution in [2.75, 3.05) is 6.54 Å². The van der Waals surface area contributed by atoms with Crippen LogP contribution in [-0.2, 0) is 6.42 Å². The van der Waals surface area contributed by atoms with E-state index in [1.807, 2.05) is 11.3 Å². The number of thiophene rings is 1. The summed E-state index contributed by atoms with van der Waals surface area (Å²) in [5.74, 6) is 0.734. The molecule has 0 spiro atoms. The van der Waals surface area contributed by atoms with E-state index in [1.54, 1.807) is 11.1 Å². The first kappa shape index (κ1) is 13.6. The lowest BCUT2D eigenvalue weighted by atomic mass is 9.74. The summed E-state index contributed by atoms with van der Waals surface area (Å²) in [6.45, 7) is 3.23. The van der Waals surface area contributed by atoms with Crippen LogP contribution in [0.25, 0.3) is 0 Å². The van der Waals surface area contributed by atoms with Crippen LogP contribution in [0.1, 0.15) is 42.0 Å². The largest absolute Gasteiger partial charge is 0.310 e. The van der Waals surface area contributed by atoms with Crippen LogP contribution >= 0.6 is 33.9 Å². The highest BCUT2D eigenvalue weighted by Gasteiger charge is 2.28. The van der Waals surface area contributed by atoms with E-state index in [4.69, 9.17) is 0 Å². The molecule has 0 amide bonds. The summed E-state index contributed by atoms with van der Waals surface area (Å²) >= 11 is 4.25. The van der Waals surface area contributed by atoms with Crippen molar-refractivity contribution in [1.29, 1.82) is 0 Å². The first-order valence-corrected chi connectivity index (χ1v) is 8.79. The van der Waals surface area contributed by atoms with Crippen molar-refractivity contribution in [2.45, 2.75) is 31.7 Å². The second-order valence-electron chi connectivity index (χ2n) is 5.13. The van der Waals surface area contributed by atoms with E-state index >= 15 is 0 Å². The first-order chi connectivity index (χ1) is 9.28. The molecule has 1 aromatic carbocycles. The predicted octanol–water partition coefficient (Wildman–Crippen LogP) is 4.73. The molecule has 1 aliphatic rings. The Morgan fingerprint density at radius 2 is 2.26 bits per heavy atom. The summed E-state index contributed by atoms with van der Waals surface area (Å²) in [6, 6.07) is 11.7. The van der Waals surface area contributed by atoms with Gasteiger partial charge in [-0.25, -0.2) is 0 Å². The number of fused-ring (bicyclic) bond motifs is 1. The fourth-order valence-electron chi connectivity index (χ4n) is 2.95. The number of nitrogens with one attached hydrogen (secondary N) is 1. The third kappa shape index (κ3) is 2.88. The maximum absolute atomic E-state index is 3.65. The molecule has 1 aromatic heterocycles. The Hall–Kier alpha value is -0.390. The summed E-state index contributed by atoms with van der Waals surface area (Å²) in [5.41, 5.74) is 4.57. The smallest absolute Gasteiger partial charge is 0.0656 e. The molecule has 19 heavy (non-hydrogen) atoms. The molecule has 1 heterocycles. The number of halogens is 1. The van der Waals surface area contributed by atoms with Gasteiger partial charge in [0.15, 0.2) is 0 Å². The van der Waals surface area contributed by atoms with Gasteiger partial charge in [-0.2, -0.15) is 0 Å². The molecule has 2 unspecified atom stereocenters. The highest BCUT2D eigenvalue weighted by molar-refractivity contribution is 14.1. The van der Waals surface area contributed by atoms with Crippen LogP contribution in [0, 0.1) is 2.88 Å². The predicted molar refractivity (Wildman–Crippen MR) is 91.0 cm³/mol. The van der Waals surface area contributed by atoms with E-state index in [-0.39, 0.29) is 0 Å². The third-order valence-corrected chi connectivity index (χ3v) is 5.73. The van der Waals surface area contributed by atoms with Gasteiger partial charge >= 0.3 is 0 Å². The van der Waals surface area contributed by atoms with Gasteiger partial charge < -0.3 is 5.32 Å². The molecule has 0 fully saturated rings. The van der Waals surface area contributed by atoms with E-state index in [2.05, 4.69) is 70.5 Å². The quantitative estimate of drug-likeness (QED) is 0.736. The zero-order valence-corrected chi connectivity index (χ0v) is 14.0. The molecule has 3 rings (SSSR count). The van der Waals surface area contributed by atoms with Crippen molar-refractivity contribution in [2.24, 2.45) is 0 Å². The normalized spacial score (nSPS) is 18.7. The molecular weight excluding hydrogens is 365 g/mol. The number of benzene rings is 1. The van der Waals surface area contributed by atoms with Crippen LogP contribution in [-0.4, -0.2) is 6.54 Å². The van der Waals surface area contributed by atoms with E-state index in [9.17, 15) is 0 Å². The van der Waals surface area contributed by atoms with Crippen LogP contribution in [0.15, 0.2) is 35.7 Å². The molecule has 0 saturated heterocycles. The standard InChI is InChI=1S/C16H18INS/c1-2-18-15(13-9-16(17)19-10-13)8-12-7-11-5-3-4-6-14(11)12/h3-6,9-10,12,15,18H,2,7-8H2,1H3. The summed E-state index contributed by atoms with van der Waals surface area (Å²) in [4.78, 5) is 0. The fraction of sp³-hybridized carbons (Fsp3) is 0.375. The van der Waals surface area contributed by atoms with Gasteiger partial charge in [0.2, 0.25) is 0 Å². The molecule has 3 heteroatoms. The lowest BCUT2D eigenvalue weighted by molar-refractivity contribution is 0.436. The zero-order valence-electron chi connectivity index (χ0n) is 11.0. The topological polar surface area (TPSA) is 12.0 Å². The molecule has 0 aliphatic heterocycles. The summed E-state index contributed by atoms with van der Waals surface area (Å²) in [5, 5.41) is 5.95. The Kier molecular flexibility index (Phi) is 4.24. The SMILES string of the molecule is CCNC(CC1Cc2ccccc21)c1csc(I)c1. The Morgan fingerprint density at radius 1 is 1.42 bits per heavy atom. The summed E-state index contributed by atoms with van der Waals surface area (Å²) in [6.07, 6.45) is 2.47. The van der Waals surface area contributed by atoms with Gasteiger partial charge in [0.25, 0.3) is 0 Å². The summed E-state index contributed by atoms with van der Waals surface area (Å²) in [7, 11) is 0. The highest BCUT2D eigenvalue weighted by Crippen LogP contribution is 2.41. The minimum atomic E-state index is 0.503. The molecule has 100 valence electrons. The maximum Gasteiger partial charge on any atom is 0.0656 e. The number of hydrogen-bond donors (Lipinski definition) is 1. The van der Waals surface area contributed by atoms with Crippen molar-refractivity contribution in [3.05, 3.63) is 55.3 Å². The molecule has 0 saturated carbocycles. The minimum Gasteiger partial charge on any atom is -0.310 e. The fourth-order valence-corrected chi connectivity index (χ4v) is 4.37. The van der Waals surface area contributed by atoms with Crippen LogP contribution in [0.4, 0.5) is 0 Å². The Balaban J connectivity index is 1.73. The average molecular weight is 383 g/mol. The third-order valence-electron chi connectivity index (χ3n) is 3.92. The molecular formula is C16H18INS. The van der Waals surface area contributed by atoms with Crippen LogP contribution in [0.2, 0.25) is 0 Å². The zero-order chi connectivity index (χ0) is 13.2. The summed E-state index contributed by atoms with van der Waals surface area (Å²) < 4.78 is 1.38. The van der Waals surface area contributed by atoms with E-state index in [0.717, 1.165) is 12.5 Å². The average Bonchev–Trinajstić information content (AvgIpc) is 2.81. The molecule has 2 atom stereocenters. The molecule has 2 aromatic rings. The van der Waals surface area contributed by atoms with Crippen molar-refractivity contribution in [1.82, 2.24) is 5.32 Å². The van der Waals surface area contributed by atoms with Crippen LogP contribution < -0.4 is 5.32 Å². The molecule has 0 bridgehead atoms. The monoisotopic (exact) mass is 383 g/mol. The van der Waals surface area contributed by atoms with Crippen molar-refractivity contribution >= 4 is 33.9 Å². The maximum atomic E-state index is 3.65. The molecule has 1 nitrogen and oxygen atoms in total. The second kappa shape index (κ2) is 5.94. The molecule has 1 N–H and O–H groups in total. The van der Waals surface area contributed by atoms with Crippen LogP contribution in [0.3, 0.4) is 0 Å². The number of hydrogen-bond acceptors (Lipinski definition) is 2. The van der Waals surface area contributed by atoms with Gasteiger partial charge in [-0.05, 0) is 76.0 Å². The first-order valence-electron chi connectivity index (χ1n) is 6.83. The van der Waals surface area contributed by atoms with Gasteiger partial charge in [0.1, 0.15) is 0 Å². The lowest BCUT2D eigenvalue weighted by Gasteiger charge is -2.33. The van der Waals surface area contributed by atoms with Crippen LogP contribution in [0.5, 0.6) is 0 Å². The van der Waals surface area contributed by atoms with Gasteiger partial charge in [-0.3, -0.25) is 0 Å². The van der Waals surface area contributed by atoms with Gasteiger partial charge in [0, 0.05) is 6.04 Å². The molecule has 0 radical (unpaired) electrons. The Labute approximate surface area is 132 Å². The van der Waals surface area contributed by atoms with E-state index in [1.165, 1.54) is 21.3 Å². The second-order valence-corrected chi connectivity index (χ2v) is 7.94. The Bertz CT molecular complexity index is 563. The van der Waals surface area contributed by atoms with Crippen molar-refractivity contribution in [3.8, 4) is 0 Å². The lowest BCUT2D eigenvalue weighted by Crippen LogP contribution is -2.26. The minimum absolute atomic E-state index is 0.503. The van der Waals surface area contributed by atoms with Gasteiger partial charge in [-0.1, -0.05) is 31.2 Å². The number of rotatable bonds is 5. The Morgan fingerprint density at radius 3 is 2.95 bits per heavy atom. The van der Waals surface area contributed by atoms with E-state index < -0.39 is 0 Å². The van der Waals surface area contributed by atoms with Gasteiger partial charge in [-0.15, -0.1) is 11.3 Å². The highest BCUT2D eigenvalue weighted by atomic mass is 127. The van der Waals surface area contributed by atoms with E-state index in [0.29, 0.717) is 6.04 Å².